The van der Waals surface area contributed by atoms with Gasteiger partial charge < -0.3 is 5.32 Å². The van der Waals surface area contributed by atoms with Gasteiger partial charge in [0.2, 0.25) is 0 Å². The van der Waals surface area contributed by atoms with Gasteiger partial charge in [0.25, 0.3) is 0 Å². The molecule has 106 valence electrons. The molecule has 3 nitrogen and oxygen atoms in total. The summed E-state index contributed by atoms with van der Waals surface area (Å²) in [6.07, 6.45) is 3.96. The molecule has 3 heteroatoms. The maximum absolute atomic E-state index is 4.46. The van der Waals surface area contributed by atoms with Crippen molar-refractivity contribution in [2.45, 2.75) is 13.0 Å². The number of aromatic nitrogens is 2. The second-order valence-electron chi connectivity index (χ2n) is 5.14. The van der Waals surface area contributed by atoms with Crippen LogP contribution in [0.5, 0.6) is 0 Å². The van der Waals surface area contributed by atoms with E-state index in [9.17, 15) is 0 Å². The first-order valence-corrected chi connectivity index (χ1v) is 7.15. The summed E-state index contributed by atoms with van der Waals surface area (Å²) in [6, 6.07) is 19.1. The standard InChI is InChI=1S/C18H19N3/c1-14(19-2)15-8-10-18(11-9-15)21-13-17(12-20-21)16-6-4-3-5-7-16/h3-14,19H,1-2H3. The Balaban J connectivity index is 1.86. The molecule has 1 unspecified atom stereocenters. The smallest absolute Gasteiger partial charge is 0.0646 e. The Morgan fingerprint density at radius 3 is 2.33 bits per heavy atom. The highest BCUT2D eigenvalue weighted by Crippen LogP contribution is 2.20. The highest BCUT2D eigenvalue weighted by molar-refractivity contribution is 5.62. The van der Waals surface area contributed by atoms with Gasteiger partial charge in [0, 0.05) is 17.8 Å². The third-order valence-electron chi connectivity index (χ3n) is 3.78. The summed E-state index contributed by atoms with van der Waals surface area (Å²) in [6.45, 7) is 2.15. The zero-order valence-electron chi connectivity index (χ0n) is 12.3. The van der Waals surface area contributed by atoms with Gasteiger partial charge in [-0.3, -0.25) is 0 Å². The van der Waals surface area contributed by atoms with Crippen molar-refractivity contribution in [1.29, 1.82) is 0 Å². The maximum Gasteiger partial charge on any atom is 0.0646 e. The third kappa shape index (κ3) is 2.88. The van der Waals surface area contributed by atoms with E-state index >= 15 is 0 Å². The van der Waals surface area contributed by atoms with Crippen LogP contribution in [0.1, 0.15) is 18.5 Å². The van der Waals surface area contributed by atoms with Gasteiger partial charge in [0.1, 0.15) is 0 Å². The first kappa shape index (κ1) is 13.6. The van der Waals surface area contributed by atoms with E-state index in [1.54, 1.807) is 0 Å². The number of benzene rings is 2. The van der Waals surface area contributed by atoms with Crippen LogP contribution in [0.2, 0.25) is 0 Å². The fourth-order valence-electron chi connectivity index (χ4n) is 2.33. The van der Waals surface area contributed by atoms with Crippen LogP contribution >= 0.6 is 0 Å². The van der Waals surface area contributed by atoms with Crippen LogP contribution in [0.15, 0.2) is 67.0 Å². The number of hydrogen-bond donors (Lipinski definition) is 1. The van der Waals surface area contributed by atoms with Crippen LogP contribution < -0.4 is 5.32 Å². The van der Waals surface area contributed by atoms with E-state index in [-0.39, 0.29) is 0 Å². The number of rotatable bonds is 4. The summed E-state index contributed by atoms with van der Waals surface area (Å²) in [4.78, 5) is 0. The quantitative estimate of drug-likeness (QED) is 0.785. The molecule has 1 atom stereocenters. The molecular formula is C18H19N3. The minimum atomic E-state index is 0.358. The lowest BCUT2D eigenvalue weighted by atomic mass is 10.1. The van der Waals surface area contributed by atoms with Gasteiger partial charge in [-0.2, -0.15) is 5.10 Å². The Morgan fingerprint density at radius 1 is 0.952 bits per heavy atom. The van der Waals surface area contributed by atoms with Gasteiger partial charge in [-0.25, -0.2) is 4.68 Å². The molecule has 0 saturated heterocycles. The molecule has 0 radical (unpaired) electrons. The summed E-state index contributed by atoms with van der Waals surface area (Å²) in [7, 11) is 1.97. The average Bonchev–Trinajstić information content (AvgIpc) is 3.05. The Labute approximate surface area is 125 Å². The first-order chi connectivity index (χ1) is 10.3. The second-order valence-corrected chi connectivity index (χ2v) is 5.14. The fraction of sp³-hybridized carbons (Fsp3) is 0.167. The van der Waals surface area contributed by atoms with E-state index in [0.29, 0.717) is 6.04 Å². The molecule has 2 aromatic carbocycles. The predicted octanol–water partition coefficient (Wildman–Crippen LogP) is 3.82. The van der Waals surface area contributed by atoms with Crippen LogP contribution in [-0.2, 0) is 0 Å². The monoisotopic (exact) mass is 277 g/mol. The fourth-order valence-corrected chi connectivity index (χ4v) is 2.33. The zero-order chi connectivity index (χ0) is 14.7. The van der Waals surface area contributed by atoms with E-state index in [4.69, 9.17) is 0 Å². The Kier molecular flexibility index (Phi) is 3.84. The van der Waals surface area contributed by atoms with Gasteiger partial charge in [0.05, 0.1) is 11.9 Å². The van der Waals surface area contributed by atoms with Crippen molar-refractivity contribution < 1.29 is 0 Å². The lowest BCUT2D eigenvalue weighted by Crippen LogP contribution is -2.12. The predicted molar refractivity (Wildman–Crippen MR) is 86.5 cm³/mol. The normalized spacial score (nSPS) is 12.3. The molecule has 1 heterocycles. The SMILES string of the molecule is CNC(C)c1ccc(-n2cc(-c3ccccc3)cn2)cc1. The molecule has 1 N–H and O–H groups in total. The molecule has 0 spiro atoms. The zero-order valence-corrected chi connectivity index (χ0v) is 12.3. The van der Waals surface area contributed by atoms with E-state index < -0.39 is 0 Å². The van der Waals surface area contributed by atoms with Crippen molar-refractivity contribution in [3.05, 3.63) is 72.6 Å². The van der Waals surface area contributed by atoms with Gasteiger partial charge in [0.15, 0.2) is 0 Å². The number of nitrogens with zero attached hydrogens (tertiary/aromatic N) is 2. The van der Waals surface area contributed by atoms with Gasteiger partial charge in [-0.05, 0) is 37.2 Å². The molecule has 0 aliphatic rings. The lowest BCUT2D eigenvalue weighted by molar-refractivity contribution is 0.652. The van der Waals surface area contributed by atoms with Crippen LogP contribution in [0, 0.1) is 0 Å². The summed E-state index contributed by atoms with van der Waals surface area (Å²) in [5, 5.41) is 7.70. The van der Waals surface area contributed by atoms with E-state index in [1.807, 2.05) is 36.1 Å². The minimum absolute atomic E-state index is 0.358. The van der Waals surface area contributed by atoms with Crippen molar-refractivity contribution in [3.8, 4) is 16.8 Å². The maximum atomic E-state index is 4.46. The highest BCUT2D eigenvalue weighted by atomic mass is 15.3. The largest absolute Gasteiger partial charge is 0.313 e. The summed E-state index contributed by atoms with van der Waals surface area (Å²) in [5.74, 6) is 0. The molecule has 3 rings (SSSR count). The average molecular weight is 277 g/mol. The molecule has 0 aliphatic heterocycles. The van der Waals surface area contributed by atoms with Crippen LogP contribution in [0.25, 0.3) is 16.8 Å². The second kappa shape index (κ2) is 5.94. The lowest BCUT2D eigenvalue weighted by Gasteiger charge is -2.11. The molecule has 0 saturated carbocycles. The van der Waals surface area contributed by atoms with Gasteiger partial charge in [-0.1, -0.05) is 42.5 Å². The molecule has 21 heavy (non-hydrogen) atoms. The molecular weight excluding hydrogens is 258 g/mol. The Morgan fingerprint density at radius 2 is 1.67 bits per heavy atom. The molecule has 1 aromatic heterocycles. The molecule has 0 amide bonds. The number of hydrogen-bond acceptors (Lipinski definition) is 2. The van der Waals surface area contributed by atoms with Crippen molar-refractivity contribution in [1.82, 2.24) is 15.1 Å². The molecule has 3 aromatic rings. The van der Waals surface area contributed by atoms with E-state index in [2.05, 4.69) is 59.9 Å². The topological polar surface area (TPSA) is 29.9 Å². The van der Waals surface area contributed by atoms with Crippen molar-refractivity contribution >= 4 is 0 Å². The molecule has 0 bridgehead atoms. The number of nitrogens with one attached hydrogen (secondary N) is 1. The van der Waals surface area contributed by atoms with Gasteiger partial charge in [-0.15, -0.1) is 0 Å². The summed E-state index contributed by atoms with van der Waals surface area (Å²) in [5.41, 5.74) is 4.66. The highest BCUT2D eigenvalue weighted by Gasteiger charge is 2.05. The van der Waals surface area contributed by atoms with Gasteiger partial charge >= 0.3 is 0 Å². The molecule has 0 aliphatic carbocycles. The van der Waals surface area contributed by atoms with Crippen molar-refractivity contribution in [2.24, 2.45) is 0 Å². The first-order valence-electron chi connectivity index (χ1n) is 7.15. The van der Waals surface area contributed by atoms with Crippen LogP contribution in [0.4, 0.5) is 0 Å². The van der Waals surface area contributed by atoms with E-state index in [1.165, 1.54) is 11.1 Å². The summed E-state index contributed by atoms with van der Waals surface area (Å²) >= 11 is 0. The van der Waals surface area contributed by atoms with E-state index in [0.717, 1.165) is 11.3 Å². The van der Waals surface area contributed by atoms with Crippen molar-refractivity contribution in [2.75, 3.05) is 7.05 Å². The third-order valence-corrected chi connectivity index (χ3v) is 3.78. The Bertz CT molecular complexity index is 699. The summed E-state index contributed by atoms with van der Waals surface area (Å²) < 4.78 is 1.91. The Hall–Kier alpha value is -2.39. The van der Waals surface area contributed by atoms with Crippen molar-refractivity contribution in [3.63, 3.8) is 0 Å². The molecule has 0 fully saturated rings. The van der Waals surface area contributed by atoms with Crippen LogP contribution in [0.3, 0.4) is 0 Å². The minimum Gasteiger partial charge on any atom is -0.313 e. The van der Waals surface area contributed by atoms with Crippen LogP contribution in [-0.4, -0.2) is 16.8 Å².